The summed E-state index contributed by atoms with van der Waals surface area (Å²) in [7, 11) is 0. The fraction of sp³-hybridized carbons (Fsp3) is 0.270. The van der Waals surface area contributed by atoms with Crippen molar-refractivity contribution in [2.75, 3.05) is 27.8 Å². The van der Waals surface area contributed by atoms with E-state index in [-0.39, 0.29) is 0 Å². The van der Waals surface area contributed by atoms with E-state index in [9.17, 15) is 0 Å². The Balaban J connectivity index is 0.000000112. The van der Waals surface area contributed by atoms with Crippen LogP contribution >= 0.6 is 15.9 Å². The van der Waals surface area contributed by atoms with Crippen molar-refractivity contribution in [1.29, 1.82) is 0 Å². The molecule has 3 N–H and O–H groups in total. The van der Waals surface area contributed by atoms with Crippen molar-refractivity contribution in [1.82, 2.24) is 29.9 Å². The molecule has 1 atom stereocenters. The molecule has 3 aliphatic heterocycles. The Hall–Kier alpha value is -4.83. The summed E-state index contributed by atoms with van der Waals surface area (Å²) in [6.07, 6.45) is 14.3. The number of hydrogen-bond acceptors (Lipinski definition) is 6. The van der Waals surface area contributed by atoms with Crippen LogP contribution in [0.5, 0.6) is 0 Å². The summed E-state index contributed by atoms with van der Waals surface area (Å²) in [6, 6.07) is 24.3. The SMILES string of the molecule is Brc1ccc2c(c1)CCN2Cc1cnc[nH]1.CC1Cc2ccccc2N1Cc1cnc[nH]1.c1ccc2c(c1)CCN2Cc1cnc[nH]1. The van der Waals surface area contributed by atoms with Gasteiger partial charge in [0.15, 0.2) is 0 Å². The van der Waals surface area contributed by atoms with Gasteiger partial charge in [-0.2, -0.15) is 0 Å². The zero-order chi connectivity index (χ0) is 32.0. The number of anilines is 3. The van der Waals surface area contributed by atoms with Gasteiger partial charge in [-0.15, -0.1) is 0 Å². The Bertz CT molecular complexity index is 1850. The van der Waals surface area contributed by atoms with Crippen LogP contribution in [0, 0.1) is 0 Å². The van der Waals surface area contributed by atoms with Crippen LogP contribution in [-0.4, -0.2) is 49.0 Å². The summed E-state index contributed by atoms with van der Waals surface area (Å²) in [6.45, 7) is 7.23. The van der Waals surface area contributed by atoms with Crippen molar-refractivity contribution in [3.63, 3.8) is 0 Å². The minimum absolute atomic E-state index is 0.570. The molecule has 3 aliphatic rings. The summed E-state index contributed by atoms with van der Waals surface area (Å²) >= 11 is 3.51. The topological polar surface area (TPSA) is 95.8 Å². The average Bonchev–Trinajstić information content (AvgIpc) is 3.95. The number of halogens is 1. The highest BCUT2D eigenvalue weighted by molar-refractivity contribution is 9.10. The lowest BCUT2D eigenvalue weighted by atomic mass is 10.1. The van der Waals surface area contributed by atoms with Crippen LogP contribution in [0.15, 0.2) is 109 Å². The monoisotopic (exact) mass is 689 g/mol. The maximum Gasteiger partial charge on any atom is 0.0922 e. The minimum Gasteiger partial charge on any atom is -0.365 e. The third-order valence-corrected chi connectivity index (χ3v) is 9.59. The van der Waals surface area contributed by atoms with Crippen molar-refractivity contribution < 1.29 is 0 Å². The number of rotatable bonds is 6. The third kappa shape index (κ3) is 7.28. The zero-order valence-electron chi connectivity index (χ0n) is 26.6. The molecule has 0 spiro atoms. The van der Waals surface area contributed by atoms with Crippen LogP contribution in [0.4, 0.5) is 17.1 Å². The van der Waals surface area contributed by atoms with Gasteiger partial charge in [0.05, 0.1) is 55.7 Å². The smallest absolute Gasteiger partial charge is 0.0922 e. The largest absolute Gasteiger partial charge is 0.365 e. The van der Waals surface area contributed by atoms with Crippen LogP contribution < -0.4 is 14.7 Å². The molecule has 0 aliphatic carbocycles. The van der Waals surface area contributed by atoms with Crippen LogP contribution in [0.1, 0.15) is 40.7 Å². The minimum atomic E-state index is 0.570. The van der Waals surface area contributed by atoms with Crippen molar-refractivity contribution in [2.45, 2.75) is 51.9 Å². The number of benzene rings is 3. The molecule has 9 nitrogen and oxygen atoms in total. The second kappa shape index (κ2) is 14.3. The first kappa shape index (κ1) is 30.8. The highest BCUT2D eigenvalue weighted by atomic mass is 79.9. The summed E-state index contributed by atoms with van der Waals surface area (Å²) in [5.41, 5.74) is 11.9. The molecule has 9 rings (SSSR count). The van der Waals surface area contributed by atoms with Crippen LogP contribution in [0.2, 0.25) is 0 Å². The summed E-state index contributed by atoms with van der Waals surface area (Å²) < 4.78 is 1.16. The molecule has 0 bridgehead atoms. The molecular weight excluding hydrogens is 650 g/mol. The number of nitrogens with one attached hydrogen (secondary N) is 3. The Labute approximate surface area is 284 Å². The van der Waals surface area contributed by atoms with Gasteiger partial charge in [0.2, 0.25) is 0 Å². The Morgan fingerprint density at radius 2 is 1.17 bits per heavy atom. The van der Waals surface area contributed by atoms with Crippen molar-refractivity contribution in [3.8, 4) is 0 Å². The first-order valence-electron chi connectivity index (χ1n) is 16.2. The molecule has 47 heavy (non-hydrogen) atoms. The van der Waals surface area contributed by atoms with E-state index < -0.39 is 0 Å². The third-order valence-electron chi connectivity index (χ3n) is 9.09. The van der Waals surface area contributed by atoms with Gasteiger partial charge in [-0.3, -0.25) is 0 Å². The molecule has 0 radical (unpaired) electrons. The van der Waals surface area contributed by atoms with Crippen LogP contribution in [-0.2, 0) is 38.9 Å². The quantitative estimate of drug-likeness (QED) is 0.173. The fourth-order valence-electron chi connectivity index (χ4n) is 6.75. The van der Waals surface area contributed by atoms with Gasteiger partial charge in [-0.25, -0.2) is 15.0 Å². The lowest BCUT2D eigenvalue weighted by molar-refractivity contribution is 0.666. The number of fused-ring (bicyclic) bond motifs is 3. The van der Waals surface area contributed by atoms with Crippen molar-refractivity contribution in [3.05, 3.63) is 143 Å². The molecule has 0 saturated heterocycles. The molecule has 0 saturated carbocycles. The lowest BCUT2D eigenvalue weighted by Gasteiger charge is -2.24. The predicted octanol–water partition coefficient (Wildman–Crippen LogP) is 7.07. The van der Waals surface area contributed by atoms with E-state index in [0.29, 0.717) is 6.04 Å². The molecule has 0 amide bonds. The Morgan fingerprint density at radius 3 is 1.79 bits per heavy atom. The van der Waals surface area contributed by atoms with E-state index in [0.717, 1.165) is 62.2 Å². The number of aromatic nitrogens is 6. The number of aromatic amines is 3. The van der Waals surface area contributed by atoms with Gasteiger partial charge >= 0.3 is 0 Å². The molecule has 1 unspecified atom stereocenters. The zero-order valence-corrected chi connectivity index (χ0v) is 28.2. The van der Waals surface area contributed by atoms with Gasteiger partial charge < -0.3 is 29.7 Å². The van der Waals surface area contributed by atoms with Gasteiger partial charge in [0.25, 0.3) is 0 Å². The molecule has 240 valence electrons. The molecule has 3 aromatic carbocycles. The Morgan fingerprint density at radius 1 is 0.638 bits per heavy atom. The van der Waals surface area contributed by atoms with E-state index in [1.807, 2.05) is 18.6 Å². The number of hydrogen-bond donors (Lipinski definition) is 3. The molecular formula is C37H40BrN9. The van der Waals surface area contributed by atoms with E-state index in [1.54, 1.807) is 19.0 Å². The number of nitrogens with zero attached hydrogens (tertiary/aromatic N) is 6. The van der Waals surface area contributed by atoms with E-state index in [4.69, 9.17) is 0 Å². The number of imidazole rings is 3. The standard InChI is InChI=1S/C13H15N3.C12H12BrN3.C12H13N3/c1-10-6-11-4-2-3-5-13(11)16(10)8-12-7-14-9-15-12;13-10-1-2-12-9(5-10)3-4-16(12)7-11-6-14-8-15-11;1-2-4-12-10(3-1)5-6-15(12)8-11-7-13-9-14-11/h2-5,7,9-10H,6,8H2,1H3,(H,14,15);1-2,5-6,8H,3-4,7H2,(H,14,15);1-4,7,9H,5-6,8H2,(H,13,14). The van der Waals surface area contributed by atoms with Crippen molar-refractivity contribution >= 4 is 33.0 Å². The van der Waals surface area contributed by atoms with E-state index >= 15 is 0 Å². The van der Waals surface area contributed by atoms with Crippen LogP contribution in [0.25, 0.3) is 0 Å². The van der Waals surface area contributed by atoms with E-state index in [1.165, 1.54) is 45.1 Å². The highest BCUT2D eigenvalue weighted by Gasteiger charge is 2.25. The Kier molecular flexibility index (Phi) is 9.37. The molecule has 0 fully saturated rings. The molecule has 6 heterocycles. The lowest BCUT2D eigenvalue weighted by Crippen LogP contribution is -2.28. The second-order valence-corrected chi connectivity index (χ2v) is 13.2. The maximum absolute atomic E-state index is 4.06. The van der Waals surface area contributed by atoms with Crippen LogP contribution in [0.3, 0.4) is 0 Å². The van der Waals surface area contributed by atoms with E-state index in [2.05, 4.69) is 134 Å². The maximum atomic E-state index is 4.06. The first-order valence-corrected chi connectivity index (χ1v) is 17.0. The summed E-state index contributed by atoms with van der Waals surface area (Å²) in [5, 5.41) is 0. The summed E-state index contributed by atoms with van der Waals surface area (Å²) in [4.78, 5) is 28.8. The normalized spacial score (nSPS) is 15.8. The average molecular weight is 691 g/mol. The number of H-pyrrole nitrogens is 3. The van der Waals surface area contributed by atoms with Gasteiger partial charge in [-0.1, -0.05) is 52.3 Å². The molecule has 10 heteroatoms. The molecule has 3 aromatic heterocycles. The number of para-hydroxylation sites is 2. The van der Waals surface area contributed by atoms with Gasteiger partial charge in [-0.05, 0) is 73.2 Å². The highest BCUT2D eigenvalue weighted by Crippen LogP contribution is 2.33. The second-order valence-electron chi connectivity index (χ2n) is 12.3. The molecule has 6 aromatic rings. The van der Waals surface area contributed by atoms with Gasteiger partial charge in [0.1, 0.15) is 0 Å². The summed E-state index contributed by atoms with van der Waals surface area (Å²) in [5.74, 6) is 0. The fourth-order valence-corrected chi connectivity index (χ4v) is 7.16. The first-order chi connectivity index (χ1) is 23.1. The van der Waals surface area contributed by atoms with Crippen molar-refractivity contribution in [2.24, 2.45) is 0 Å². The predicted molar refractivity (Wildman–Crippen MR) is 192 cm³/mol. The van der Waals surface area contributed by atoms with Gasteiger partial charge in [0, 0.05) is 59.3 Å².